The third-order valence-electron chi connectivity index (χ3n) is 7.58. The van der Waals surface area contributed by atoms with Crippen LogP contribution in [0.25, 0.3) is 11.8 Å². The number of esters is 1. The van der Waals surface area contributed by atoms with Crippen molar-refractivity contribution in [3.05, 3.63) is 142 Å². The van der Waals surface area contributed by atoms with Gasteiger partial charge in [-0.15, -0.1) is 0 Å². The maximum Gasteiger partial charge on any atom is 0.338 e. The van der Waals surface area contributed by atoms with Crippen molar-refractivity contribution in [2.24, 2.45) is 4.99 Å². The molecule has 0 amide bonds. The van der Waals surface area contributed by atoms with E-state index < -0.39 is 22.5 Å². The number of rotatable bonds is 10. The van der Waals surface area contributed by atoms with Gasteiger partial charge in [0.05, 0.1) is 44.4 Å². The second-order valence-corrected chi connectivity index (χ2v) is 13.7. The molecule has 13 heteroatoms. The number of thiazole rings is 1. The first-order valence-corrected chi connectivity index (χ1v) is 17.5. The fraction of sp³-hybridized carbons (Fsp3) is 0.216. The van der Waals surface area contributed by atoms with Gasteiger partial charge < -0.3 is 9.47 Å². The summed E-state index contributed by atoms with van der Waals surface area (Å²) in [6.45, 7) is 9.39. The number of nitro benzene ring substituents is 1. The second kappa shape index (κ2) is 14.6. The zero-order valence-electron chi connectivity index (χ0n) is 27.9. The molecule has 1 aliphatic rings. The van der Waals surface area contributed by atoms with Crippen molar-refractivity contribution < 1.29 is 19.2 Å². The first-order valence-electron chi connectivity index (χ1n) is 15.9. The van der Waals surface area contributed by atoms with E-state index in [1.807, 2.05) is 76.2 Å². The Bertz CT molecular complexity index is 2300. The van der Waals surface area contributed by atoms with E-state index in [-0.39, 0.29) is 24.0 Å². The molecule has 2 aromatic heterocycles. The van der Waals surface area contributed by atoms with E-state index in [0.29, 0.717) is 47.5 Å². The van der Waals surface area contributed by atoms with Gasteiger partial charge in [-0.2, -0.15) is 0 Å². The molecule has 0 fully saturated rings. The van der Waals surface area contributed by atoms with E-state index in [9.17, 15) is 19.7 Å². The molecule has 5 aromatic rings. The zero-order valence-corrected chi connectivity index (χ0v) is 29.6. The molecule has 0 unspecified atom stereocenters. The number of fused-ring (bicyclic) bond motifs is 1. The number of ether oxygens (including phenoxy) is 2. The summed E-state index contributed by atoms with van der Waals surface area (Å²) >= 11 is 2.24. The van der Waals surface area contributed by atoms with Crippen LogP contribution in [-0.4, -0.2) is 38.1 Å². The number of aryl methyl sites for hydroxylation is 2. The van der Waals surface area contributed by atoms with Crippen LogP contribution in [0.1, 0.15) is 54.9 Å². The van der Waals surface area contributed by atoms with Gasteiger partial charge in [0.1, 0.15) is 5.75 Å². The summed E-state index contributed by atoms with van der Waals surface area (Å²) in [5.41, 5.74) is 3.39. The van der Waals surface area contributed by atoms with Crippen molar-refractivity contribution in [2.45, 2.75) is 56.8 Å². The van der Waals surface area contributed by atoms with Gasteiger partial charge in [0.2, 0.25) is 0 Å². The summed E-state index contributed by atoms with van der Waals surface area (Å²) in [6.07, 6.45) is 1.56. The normalized spacial score (nSPS) is 14.4. The lowest BCUT2D eigenvalue weighted by atomic mass is 9.93. The van der Waals surface area contributed by atoms with Gasteiger partial charge in [-0.1, -0.05) is 59.9 Å². The molecule has 254 valence electrons. The second-order valence-electron chi connectivity index (χ2n) is 11.7. The van der Waals surface area contributed by atoms with Crippen LogP contribution in [0.4, 0.5) is 5.69 Å². The highest BCUT2D eigenvalue weighted by atomic mass is 32.2. The number of benzene rings is 3. The molecular weight excluding hydrogens is 675 g/mol. The lowest BCUT2D eigenvalue weighted by Gasteiger charge is -2.26. The molecule has 6 rings (SSSR count). The van der Waals surface area contributed by atoms with E-state index in [1.54, 1.807) is 37.3 Å². The van der Waals surface area contributed by atoms with Crippen LogP contribution in [-0.2, 0) is 9.53 Å². The Balaban J connectivity index is 1.52. The Morgan fingerprint density at radius 3 is 2.38 bits per heavy atom. The van der Waals surface area contributed by atoms with Crippen molar-refractivity contribution in [1.82, 2.24) is 14.5 Å². The predicted molar refractivity (Wildman–Crippen MR) is 192 cm³/mol. The smallest absolute Gasteiger partial charge is 0.338 e. The van der Waals surface area contributed by atoms with Gasteiger partial charge in [-0.05, 0) is 87.8 Å². The number of aromatic nitrogens is 3. The van der Waals surface area contributed by atoms with E-state index in [0.717, 1.165) is 34.5 Å². The quantitative estimate of drug-likeness (QED) is 0.0720. The van der Waals surface area contributed by atoms with Crippen molar-refractivity contribution in [1.29, 1.82) is 0 Å². The minimum atomic E-state index is -0.873. The maximum absolute atomic E-state index is 14.3. The summed E-state index contributed by atoms with van der Waals surface area (Å²) < 4.78 is 13.2. The lowest BCUT2D eigenvalue weighted by molar-refractivity contribution is -0.387. The first kappa shape index (κ1) is 34.5. The Hall–Kier alpha value is -5.40. The highest BCUT2D eigenvalue weighted by Crippen LogP contribution is 2.36. The molecule has 1 aliphatic heterocycles. The average molecular weight is 708 g/mol. The van der Waals surface area contributed by atoms with Crippen LogP contribution in [0.5, 0.6) is 5.75 Å². The molecule has 3 aromatic carbocycles. The molecule has 0 radical (unpaired) electrons. The molecule has 1 atom stereocenters. The highest BCUT2D eigenvalue weighted by molar-refractivity contribution is 7.99. The number of carbonyl (C=O) groups excluding carboxylic acids is 1. The van der Waals surface area contributed by atoms with Crippen LogP contribution >= 0.6 is 23.1 Å². The fourth-order valence-electron chi connectivity index (χ4n) is 5.60. The van der Waals surface area contributed by atoms with E-state index in [4.69, 9.17) is 14.5 Å². The van der Waals surface area contributed by atoms with Gasteiger partial charge in [-0.25, -0.2) is 19.8 Å². The zero-order chi connectivity index (χ0) is 35.5. The monoisotopic (exact) mass is 707 g/mol. The summed E-state index contributed by atoms with van der Waals surface area (Å²) in [4.78, 5) is 54.2. The molecular formula is C37H33N5O6S2. The van der Waals surface area contributed by atoms with E-state index in [2.05, 4.69) is 9.97 Å². The van der Waals surface area contributed by atoms with E-state index in [1.165, 1.54) is 10.6 Å². The van der Waals surface area contributed by atoms with Crippen LogP contribution in [0.15, 0.2) is 104 Å². The largest absolute Gasteiger partial charge is 0.491 e. The summed E-state index contributed by atoms with van der Waals surface area (Å²) in [5, 5.41) is 12.6. The molecule has 0 spiro atoms. The number of hydrogen-bond acceptors (Lipinski definition) is 11. The van der Waals surface area contributed by atoms with Crippen molar-refractivity contribution in [3.63, 3.8) is 0 Å². The lowest BCUT2D eigenvalue weighted by Crippen LogP contribution is -2.40. The first-order chi connectivity index (χ1) is 24.0. The number of nitro groups is 1. The Morgan fingerprint density at radius 2 is 1.74 bits per heavy atom. The molecule has 0 saturated heterocycles. The van der Waals surface area contributed by atoms with Gasteiger partial charge in [0.15, 0.2) is 9.96 Å². The molecule has 11 nitrogen and oxygen atoms in total. The number of nitrogens with zero attached hydrogens (tertiary/aromatic N) is 5. The minimum absolute atomic E-state index is 0.0401. The average Bonchev–Trinajstić information content (AvgIpc) is 3.38. The molecule has 0 N–H and O–H groups in total. The Morgan fingerprint density at radius 1 is 1.04 bits per heavy atom. The number of carbonyl (C=O) groups is 1. The van der Waals surface area contributed by atoms with Crippen molar-refractivity contribution in [3.8, 4) is 5.75 Å². The van der Waals surface area contributed by atoms with Crippen LogP contribution in [0.3, 0.4) is 0 Å². The molecule has 0 saturated carbocycles. The summed E-state index contributed by atoms with van der Waals surface area (Å²) in [5.74, 6) is 0.0572. The van der Waals surface area contributed by atoms with Crippen molar-refractivity contribution >= 4 is 46.5 Å². The topological polar surface area (TPSA) is 139 Å². The SMILES string of the molecule is CCOC(=O)C1=C(c2ccccc2)N=c2s/c(=C\c3ccc(Sc4nc(C)cc(C)n4)c([N+](=O)[O-])c3)c(=O)n2[C@@H]1c1ccc(OC(C)C)cc1. The van der Waals surface area contributed by atoms with Crippen LogP contribution in [0, 0.1) is 24.0 Å². The van der Waals surface area contributed by atoms with Gasteiger partial charge in [-0.3, -0.25) is 19.5 Å². The molecule has 0 bridgehead atoms. The van der Waals surface area contributed by atoms with Gasteiger partial charge in [0, 0.05) is 23.0 Å². The number of hydrogen-bond donors (Lipinski definition) is 0. The molecule has 3 heterocycles. The van der Waals surface area contributed by atoms with Crippen LogP contribution < -0.4 is 19.6 Å². The maximum atomic E-state index is 14.3. The third-order valence-corrected chi connectivity index (χ3v) is 9.49. The summed E-state index contributed by atoms with van der Waals surface area (Å²) in [7, 11) is 0. The van der Waals surface area contributed by atoms with Gasteiger partial charge >= 0.3 is 5.97 Å². The fourth-order valence-corrected chi connectivity index (χ4v) is 7.55. The standard InChI is InChI=1S/C37H33N5O6S2/c1-6-47-35(44)31-32(25-10-8-7-9-11-25)40-37-41(33(31)26-13-15-27(16-14-26)48-21(2)3)34(43)30(50-37)20-24-12-17-29(28(19-24)42(45)46)49-36-38-22(4)18-23(5)39-36/h7-21,33H,6H2,1-5H3/b30-20-/t33-/m1/s1. The highest BCUT2D eigenvalue weighted by Gasteiger charge is 2.35. The molecule has 0 aliphatic carbocycles. The summed E-state index contributed by atoms with van der Waals surface area (Å²) in [6, 6.07) is 22.3. The van der Waals surface area contributed by atoms with Crippen LogP contribution in [0.2, 0.25) is 0 Å². The van der Waals surface area contributed by atoms with Crippen molar-refractivity contribution in [2.75, 3.05) is 6.61 Å². The predicted octanol–water partition coefficient (Wildman–Crippen LogP) is 6.19. The Kier molecular flexibility index (Phi) is 10.1. The molecule has 50 heavy (non-hydrogen) atoms. The Labute approximate surface area is 295 Å². The minimum Gasteiger partial charge on any atom is -0.491 e. The van der Waals surface area contributed by atoms with Gasteiger partial charge in [0.25, 0.3) is 11.2 Å². The third kappa shape index (κ3) is 7.28. The van der Waals surface area contributed by atoms with E-state index >= 15 is 0 Å².